The molecule has 6 aromatic rings. The van der Waals surface area contributed by atoms with Crippen LogP contribution in [0.4, 0.5) is 0 Å². The van der Waals surface area contributed by atoms with Gasteiger partial charge in [-0.05, 0) is 140 Å². The lowest BCUT2D eigenvalue weighted by Crippen LogP contribution is -2.55. The second kappa shape index (κ2) is 8.42. The van der Waals surface area contributed by atoms with Crippen LogP contribution in [0.5, 0.6) is 0 Å². The van der Waals surface area contributed by atoms with Gasteiger partial charge in [-0.2, -0.15) is 0 Å². The molecule has 11 rings (SSSR count). The van der Waals surface area contributed by atoms with Gasteiger partial charge in [-0.3, -0.25) is 4.98 Å². The Kier molecular flexibility index (Phi) is 4.68. The van der Waals surface area contributed by atoms with E-state index in [1.54, 1.807) is 11.1 Å². The van der Waals surface area contributed by atoms with Crippen molar-refractivity contribution in [3.05, 3.63) is 127 Å². The van der Waals surface area contributed by atoms with E-state index in [2.05, 4.69) is 108 Å². The maximum atomic E-state index is 4.32. The van der Waals surface area contributed by atoms with E-state index in [-0.39, 0.29) is 5.41 Å². The summed E-state index contributed by atoms with van der Waals surface area (Å²) in [6, 6.07) is 39.4. The van der Waals surface area contributed by atoms with Gasteiger partial charge in [0.2, 0.25) is 0 Å². The molecule has 0 N–H and O–H groups in total. The predicted octanol–water partition coefficient (Wildman–Crippen LogP) is 10.4. The summed E-state index contributed by atoms with van der Waals surface area (Å²) in [6.45, 7) is 0. The van der Waals surface area contributed by atoms with Gasteiger partial charge < -0.3 is 0 Å². The zero-order valence-corrected chi connectivity index (χ0v) is 23.8. The van der Waals surface area contributed by atoms with Crippen molar-refractivity contribution in [1.29, 1.82) is 0 Å². The van der Waals surface area contributed by atoms with Crippen LogP contribution in [0, 0.1) is 23.7 Å². The van der Waals surface area contributed by atoms with Crippen molar-refractivity contribution < 1.29 is 0 Å². The van der Waals surface area contributed by atoms with Crippen LogP contribution in [0.15, 0.2) is 116 Å². The fourth-order valence-electron chi connectivity index (χ4n) is 10.6. The van der Waals surface area contributed by atoms with Crippen molar-refractivity contribution >= 4 is 21.5 Å². The van der Waals surface area contributed by atoms with Gasteiger partial charge in [0.15, 0.2) is 0 Å². The molecule has 0 saturated heterocycles. The molecule has 4 bridgehead atoms. The Morgan fingerprint density at radius 1 is 0.476 bits per heavy atom. The lowest BCUT2D eigenvalue weighted by molar-refractivity contribution is -0.0399. The summed E-state index contributed by atoms with van der Waals surface area (Å²) >= 11 is 0. The highest BCUT2D eigenvalue weighted by molar-refractivity contribution is 6.21. The van der Waals surface area contributed by atoms with Gasteiger partial charge in [-0.1, -0.05) is 84.9 Å². The zero-order chi connectivity index (χ0) is 27.4. The number of fused-ring (bicyclic) bond motifs is 5. The minimum Gasteiger partial charge on any atom is -0.265 e. The molecule has 1 aromatic heterocycles. The molecule has 202 valence electrons. The first-order valence-corrected chi connectivity index (χ1v) is 15.9. The molecule has 0 radical (unpaired) electrons. The van der Waals surface area contributed by atoms with Gasteiger partial charge in [-0.15, -0.1) is 0 Å². The zero-order valence-electron chi connectivity index (χ0n) is 23.8. The number of benzene rings is 5. The van der Waals surface area contributed by atoms with E-state index in [1.807, 2.05) is 12.4 Å². The van der Waals surface area contributed by atoms with Gasteiger partial charge in [-0.25, -0.2) is 0 Å². The van der Waals surface area contributed by atoms with Crippen LogP contribution in [0.3, 0.4) is 0 Å². The summed E-state index contributed by atoms with van der Waals surface area (Å²) in [5.74, 6) is 3.44. The molecule has 4 saturated carbocycles. The fourth-order valence-corrected chi connectivity index (χ4v) is 10.6. The lowest BCUT2D eigenvalue weighted by atomic mass is 9.43. The quantitative estimate of drug-likeness (QED) is 0.199. The summed E-state index contributed by atoms with van der Waals surface area (Å²) < 4.78 is 0. The van der Waals surface area contributed by atoms with Crippen LogP contribution < -0.4 is 0 Å². The van der Waals surface area contributed by atoms with Crippen molar-refractivity contribution in [3.63, 3.8) is 0 Å². The Morgan fingerprint density at radius 2 is 1.00 bits per heavy atom. The van der Waals surface area contributed by atoms with Crippen LogP contribution in [0.25, 0.3) is 54.9 Å². The summed E-state index contributed by atoms with van der Waals surface area (Å²) in [5, 5.41) is 5.28. The molecule has 1 spiro atoms. The van der Waals surface area contributed by atoms with Gasteiger partial charge >= 0.3 is 0 Å². The smallest absolute Gasteiger partial charge is 0.0273 e. The highest BCUT2D eigenvalue weighted by atomic mass is 14.6. The SMILES string of the molecule is c1ccc2c(c1)-c1ccc(-c3c4ccccc4c(-c4ccncc4)c4ccccc34)cc1C21C2CC3CC(C2)CC1C3. The van der Waals surface area contributed by atoms with E-state index in [9.17, 15) is 0 Å². The molecular formula is C41H33N. The number of hydrogen-bond donors (Lipinski definition) is 0. The first kappa shape index (κ1) is 23.3. The first-order valence-electron chi connectivity index (χ1n) is 15.9. The number of nitrogens with zero attached hydrogens (tertiary/aromatic N) is 1. The average molecular weight is 540 g/mol. The van der Waals surface area contributed by atoms with Gasteiger partial charge in [0.1, 0.15) is 0 Å². The minimum atomic E-state index is 0.179. The Hall–Kier alpha value is -4.23. The second-order valence-electron chi connectivity index (χ2n) is 13.6. The van der Waals surface area contributed by atoms with Crippen LogP contribution in [0.2, 0.25) is 0 Å². The Morgan fingerprint density at radius 3 is 1.62 bits per heavy atom. The molecule has 0 atom stereocenters. The highest BCUT2D eigenvalue weighted by Gasteiger charge is 2.61. The van der Waals surface area contributed by atoms with Crippen LogP contribution in [0.1, 0.15) is 43.2 Å². The number of pyridine rings is 1. The highest BCUT2D eigenvalue weighted by Crippen LogP contribution is 2.69. The van der Waals surface area contributed by atoms with E-state index in [0.29, 0.717) is 0 Å². The summed E-state index contributed by atoms with van der Waals surface area (Å²) in [5.41, 5.74) is 11.7. The monoisotopic (exact) mass is 539 g/mol. The van der Waals surface area contributed by atoms with Crippen molar-refractivity contribution in [2.45, 2.75) is 37.5 Å². The Bertz CT molecular complexity index is 1970. The molecule has 4 fully saturated rings. The topological polar surface area (TPSA) is 12.9 Å². The van der Waals surface area contributed by atoms with Gasteiger partial charge in [0.05, 0.1) is 0 Å². The molecule has 1 heterocycles. The molecule has 1 nitrogen and oxygen atoms in total. The molecule has 0 amide bonds. The fraction of sp³-hybridized carbons (Fsp3) is 0.244. The lowest BCUT2D eigenvalue weighted by Gasteiger charge is -2.61. The standard InChI is InChI=1S/C41H33N/c1-3-10-35-33(8-1)39(27-15-17-42-18-16-27)34-9-2-4-11-36(34)40(35)28-13-14-32-31-7-5-6-12-37(31)41(38(32)24-28)29-20-25-19-26(22-29)23-30(41)21-25/h1-18,24-26,29-30H,19-23H2. The van der Waals surface area contributed by atoms with Gasteiger partial charge in [0, 0.05) is 17.8 Å². The van der Waals surface area contributed by atoms with Crippen LogP contribution >= 0.6 is 0 Å². The number of aromatic nitrogens is 1. The molecule has 42 heavy (non-hydrogen) atoms. The molecule has 5 aliphatic rings. The van der Waals surface area contributed by atoms with E-state index in [4.69, 9.17) is 0 Å². The largest absolute Gasteiger partial charge is 0.265 e. The number of rotatable bonds is 2. The van der Waals surface area contributed by atoms with Crippen LogP contribution in [-0.4, -0.2) is 4.98 Å². The summed E-state index contributed by atoms with van der Waals surface area (Å²) in [4.78, 5) is 4.32. The van der Waals surface area contributed by atoms with Crippen LogP contribution in [-0.2, 0) is 5.41 Å². The third-order valence-corrected chi connectivity index (χ3v) is 11.7. The molecule has 0 aliphatic heterocycles. The molecule has 1 heteroatoms. The Balaban J connectivity index is 1.27. The minimum absolute atomic E-state index is 0.179. The summed E-state index contributed by atoms with van der Waals surface area (Å²) in [6.07, 6.45) is 11.0. The van der Waals surface area contributed by atoms with E-state index < -0.39 is 0 Å². The van der Waals surface area contributed by atoms with Crippen molar-refractivity contribution in [2.24, 2.45) is 23.7 Å². The average Bonchev–Trinajstić information content (AvgIpc) is 3.32. The molecule has 5 aliphatic carbocycles. The Labute approximate surface area is 247 Å². The number of hydrogen-bond acceptors (Lipinski definition) is 1. The first-order chi connectivity index (χ1) is 20.8. The van der Waals surface area contributed by atoms with Crippen molar-refractivity contribution in [1.82, 2.24) is 4.98 Å². The second-order valence-corrected chi connectivity index (χ2v) is 13.6. The normalized spacial score (nSPS) is 26.7. The molecule has 5 aromatic carbocycles. The van der Waals surface area contributed by atoms with Crippen molar-refractivity contribution in [2.75, 3.05) is 0 Å². The third-order valence-electron chi connectivity index (χ3n) is 11.7. The predicted molar refractivity (Wildman–Crippen MR) is 173 cm³/mol. The van der Waals surface area contributed by atoms with Gasteiger partial charge in [0.25, 0.3) is 0 Å². The summed E-state index contributed by atoms with van der Waals surface area (Å²) in [7, 11) is 0. The molecular weight excluding hydrogens is 506 g/mol. The van der Waals surface area contributed by atoms with Crippen molar-refractivity contribution in [3.8, 4) is 33.4 Å². The molecule has 0 unspecified atom stereocenters. The van der Waals surface area contributed by atoms with E-state index in [1.165, 1.54) is 87.0 Å². The van der Waals surface area contributed by atoms with E-state index >= 15 is 0 Å². The maximum Gasteiger partial charge on any atom is 0.0273 e. The third kappa shape index (κ3) is 2.92. The van der Waals surface area contributed by atoms with E-state index in [0.717, 1.165) is 23.7 Å². The maximum absolute atomic E-state index is 4.32.